The molecule has 2 rings (SSSR count). The van der Waals surface area contributed by atoms with Crippen molar-refractivity contribution in [2.45, 2.75) is 27.2 Å². The minimum Gasteiger partial charge on any atom is -0.508 e. The number of amides is 1. The highest BCUT2D eigenvalue weighted by atomic mass is 32.1. The Bertz CT molecular complexity index is 620. The predicted molar refractivity (Wildman–Crippen MR) is 77.0 cm³/mol. The fourth-order valence-corrected chi connectivity index (χ4v) is 2.67. The number of rotatable bonds is 3. The van der Waals surface area contributed by atoms with Crippen LogP contribution in [0.1, 0.15) is 33.4 Å². The van der Waals surface area contributed by atoms with Gasteiger partial charge in [-0.1, -0.05) is 6.92 Å². The summed E-state index contributed by atoms with van der Waals surface area (Å²) in [5.41, 5.74) is 2.21. The maximum Gasteiger partial charge on any atom is 0.257 e. The highest BCUT2D eigenvalue weighted by Crippen LogP contribution is 2.23. The van der Waals surface area contributed by atoms with Crippen LogP contribution in [0, 0.1) is 13.8 Å². The van der Waals surface area contributed by atoms with E-state index in [0.717, 1.165) is 17.0 Å². The Hall–Kier alpha value is -1.88. The molecule has 0 saturated heterocycles. The van der Waals surface area contributed by atoms with E-state index in [1.807, 2.05) is 13.8 Å². The lowest BCUT2D eigenvalue weighted by molar-refractivity contribution is 0.102. The Morgan fingerprint density at radius 3 is 2.74 bits per heavy atom. The molecule has 100 valence electrons. The SMILES string of the molecule is CCc1nc(NC(=O)c2ccc(O)c(C)c2)sc1C. The van der Waals surface area contributed by atoms with Crippen molar-refractivity contribution in [2.24, 2.45) is 0 Å². The van der Waals surface area contributed by atoms with Crippen LogP contribution in [0.25, 0.3) is 0 Å². The second kappa shape index (κ2) is 5.40. The molecule has 0 aliphatic carbocycles. The zero-order chi connectivity index (χ0) is 14.0. The predicted octanol–water partition coefficient (Wildman–Crippen LogP) is 3.28. The van der Waals surface area contributed by atoms with E-state index in [4.69, 9.17) is 0 Å². The summed E-state index contributed by atoms with van der Waals surface area (Å²) in [5.74, 6) is -0.0191. The normalized spacial score (nSPS) is 10.5. The van der Waals surface area contributed by atoms with Gasteiger partial charge in [-0.2, -0.15) is 0 Å². The van der Waals surface area contributed by atoms with Gasteiger partial charge in [0.15, 0.2) is 5.13 Å². The molecule has 19 heavy (non-hydrogen) atoms. The molecule has 1 heterocycles. The number of aromatic nitrogens is 1. The molecule has 4 nitrogen and oxygen atoms in total. The van der Waals surface area contributed by atoms with E-state index >= 15 is 0 Å². The molecule has 0 fully saturated rings. The summed E-state index contributed by atoms with van der Waals surface area (Å²) in [7, 11) is 0. The molecular weight excluding hydrogens is 260 g/mol. The van der Waals surface area contributed by atoms with Gasteiger partial charge < -0.3 is 5.11 Å². The standard InChI is InChI=1S/C14H16N2O2S/c1-4-11-9(3)19-14(15-11)16-13(18)10-5-6-12(17)8(2)7-10/h5-7,17H,4H2,1-3H3,(H,15,16,18). The van der Waals surface area contributed by atoms with Gasteiger partial charge in [-0.05, 0) is 44.0 Å². The third kappa shape index (κ3) is 2.93. The highest BCUT2D eigenvalue weighted by Gasteiger charge is 2.11. The smallest absolute Gasteiger partial charge is 0.257 e. The molecule has 0 spiro atoms. The molecular formula is C14H16N2O2S. The van der Waals surface area contributed by atoms with Crippen molar-refractivity contribution in [1.82, 2.24) is 4.98 Å². The van der Waals surface area contributed by atoms with Gasteiger partial charge in [0.1, 0.15) is 5.75 Å². The third-order valence-electron chi connectivity index (χ3n) is 2.91. The molecule has 0 aliphatic rings. The summed E-state index contributed by atoms with van der Waals surface area (Å²) in [6.45, 7) is 5.79. The van der Waals surface area contributed by atoms with Gasteiger partial charge in [0.05, 0.1) is 5.69 Å². The lowest BCUT2D eigenvalue weighted by atomic mass is 10.1. The van der Waals surface area contributed by atoms with E-state index in [1.165, 1.54) is 17.4 Å². The largest absolute Gasteiger partial charge is 0.508 e. The number of nitrogens with one attached hydrogen (secondary N) is 1. The van der Waals surface area contributed by atoms with Gasteiger partial charge in [-0.3, -0.25) is 10.1 Å². The molecule has 1 aromatic carbocycles. The lowest BCUT2D eigenvalue weighted by Crippen LogP contribution is -2.11. The summed E-state index contributed by atoms with van der Waals surface area (Å²) >= 11 is 1.48. The van der Waals surface area contributed by atoms with Crippen molar-refractivity contribution in [3.63, 3.8) is 0 Å². The number of hydrogen-bond acceptors (Lipinski definition) is 4. The van der Waals surface area contributed by atoms with Gasteiger partial charge in [-0.25, -0.2) is 4.98 Å². The van der Waals surface area contributed by atoms with E-state index in [0.29, 0.717) is 16.3 Å². The van der Waals surface area contributed by atoms with Crippen molar-refractivity contribution in [2.75, 3.05) is 5.32 Å². The van der Waals surface area contributed by atoms with Crippen LogP contribution in [0.5, 0.6) is 5.75 Å². The monoisotopic (exact) mass is 276 g/mol. The van der Waals surface area contributed by atoms with Crippen LogP contribution in [0.4, 0.5) is 5.13 Å². The molecule has 2 aromatic rings. The minimum absolute atomic E-state index is 0.190. The fourth-order valence-electron chi connectivity index (χ4n) is 1.78. The van der Waals surface area contributed by atoms with Crippen LogP contribution in [0.15, 0.2) is 18.2 Å². The first-order valence-corrected chi connectivity index (χ1v) is 6.90. The number of phenols is 1. The number of hydrogen-bond donors (Lipinski definition) is 2. The zero-order valence-corrected chi connectivity index (χ0v) is 12.0. The van der Waals surface area contributed by atoms with Crippen LogP contribution in [-0.4, -0.2) is 16.0 Å². The number of aryl methyl sites for hydroxylation is 3. The minimum atomic E-state index is -0.209. The van der Waals surface area contributed by atoms with Crippen LogP contribution < -0.4 is 5.32 Å². The van der Waals surface area contributed by atoms with E-state index in [2.05, 4.69) is 10.3 Å². The topological polar surface area (TPSA) is 62.2 Å². The summed E-state index contributed by atoms with van der Waals surface area (Å²) in [6, 6.07) is 4.78. The number of aromatic hydroxyl groups is 1. The number of carbonyl (C=O) groups excluding carboxylic acids is 1. The van der Waals surface area contributed by atoms with Crippen molar-refractivity contribution in [3.8, 4) is 5.75 Å². The number of anilines is 1. The van der Waals surface area contributed by atoms with Crippen molar-refractivity contribution in [1.29, 1.82) is 0 Å². The first-order chi connectivity index (χ1) is 9.01. The highest BCUT2D eigenvalue weighted by molar-refractivity contribution is 7.15. The quantitative estimate of drug-likeness (QED) is 0.904. The molecule has 0 bridgehead atoms. The Morgan fingerprint density at radius 1 is 1.42 bits per heavy atom. The van der Waals surface area contributed by atoms with Gasteiger partial charge in [-0.15, -0.1) is 11.3 Å². The van der Waals surface area contributed by atoms with Crippen molar-refractivity contribution >= 4 is 22.4 Å². The van der Waals surface area contributed by atoms with E-state index in [9.17, 15) is 9.90 Å². The average Bonchev–Trinajstić information content (AvgIpc) is 2.72. The first-order valence-electron chi connectivity index (χ1n) is 6.08. The fraction of sp³-hybridized carbons (Fsp3) is 0.286. The second-order valence-corrected chi connectivity index (χ2v) is 5.53. The van der Waals surface area contributed by atoms with Crippen LogP contribution in [-0.2, 0) is 6.42 Å². The first kappa shape index (κ1) is 13.5. The van der Waals surface area contributed by atoms with E-state index in [-0.39, 0.29) is 11.7 Å². The number of phenolic OH excluding ortho intramolecular Hbond substituents is 1. The molecule has 1 aromatic heterocycles. The van der Waals surface area contributed by atoms with Crippen molar-refractivity contribution in [3.05, 3.63) is 39.9 Å². The maximum atomic E-state index is 12.1. The maximum absolute atomic E-state index is 12.1. The molecule has 5 heteroatoms. The molecule has 0 atom stereocenters. The molecule has 2 N–H and O–H groups in total. The third-order valence-corrected chi connectivity index (χ3v) is 3.84. The van der Waals surface area contributed by atoms with E-state index < -0.39 is 0 Å². The number of carbonyl (C=O) groups is 1. The number of benzene rings is 1. The van der Waals surface area contributed by atoms with Gasteiger partial charge >= 0.3 is 0 Å². The number of nitrogens with zero attached hydrogens (tertiary/aromatic N) is 1. The summed E-state index contributed by atoms with van der Waals surface area (Å²) in [6.07, 6.45) is 0.858. The number of thiazole rings is 1. The molecule has 0 radical (unpaired) electrons. The Kier molecular flexibility index (Phi) is 3.85. The Balaban J connectivity index is 2.18. The van der Waals surface area contributed by atoms with E-state index in [1.54, 1.807) is 19.1 Å². The molecule has 0 aliphatic heterocycles. The Labute approximate surface area is 116 Å². The molecule has 0 unspecified atom stereocenters. The molecule has 1 amide bonds. The van der Waals surface area contributed by atoms with Gasteiger partial charge in [0.25, 0.3) is 5.91 Å². The summed E-state index contributed by atoms with van der Waals surface area (Å²) in [4.78, 5) is 17.6. The van der Waals surface area contributed by atoms with Crippen molar-refractivity contribution < 1.29 is 9.90 Å². The Morgan fingerprint density at radius 2 is 2.16 bits per heavy atom. The zero-order valence-electron chi connectivity index (χ0n) is 11.2. The summed E-state index contributed by atoms with van der Waals surface area (Å²) < 4.78 is 0. The molecule has 0 saturated carbocycles. The lowest BCUT2D eigenvalue weighted by Gasteiger charge is -2.04. The van der Waals surface area contributed by atoms with Crippen LogP contribution >= 0.6 is 11.3 Å². The van der Waals surface area contributed by atoms with Gasteiger partial charge in [0, 0.05) is 10.4 Å². The summed E-state index contributed by atoms with van der Waals surface area (Å²) in [5, 5.41) is 12.8. The van der Waals surface area contributed by atoms with Crippen LogP contribution in [0.3, 0.4) is 0 Å². The second-order valence-electron chi connectivity index (χ2n) is 4.33. The van der Waals surface area contributed by atoms with Gasteiger partial charge in [0.2, 0.25) is 0 Å². The van der Waals surface area contributed by atoms with Crippen LogP contribution in [0.2, 0.25) is 0 Å². The average molecular weight is 276 g/mol.